The van der Waals surface area contributed by atoms with Gasteiger partial charge >= 0.3 is 6.18 Å². The van der Waals surface area contributed by atoms with Gasteiger partial charge in [0.1, 0.15) is 5.82 Å². The Hall–Kier alpha value is -2.94. The van der Waals surface area contributed by atoms with E-state index in [1.54, 1.807) is 12.1 Å². The van der Waals surface area contributed by atoms with Gasteiger partial charge in [0.25, 0.3) is 0 Å². The van der Waals surface area contributed by atoms with Gasteiger partial charge in [0, 0.05) is 23.6 Å². The van der Waals surface area contributed by atoms with E-state index in [1.165, 1.54) is 24.3 Å². The highest BCUT2D eigenvalue weighted by molar-refractivity contribution is 7.90. The lowest BCUT2D eigenvalue weighted by molar-refractivity contribution is -0.141. The van der Waals surface area contributed by atoms with Crippen molar-refractivity contribution in [2.24, 2.45) is 0 Å². The summed E-state index contributed by atoms with van der Waals surface area (Å²) >= 11 is 0. The second-order valence-electron chi connectivity index (χ2n) is 7.16. The molecule has 158 valence electrons. The molecule has 3 rings (SSSR count). The van der Waals surface area contributed by atoms with E-state index < -0.39 is 21.7 Å². The fourth-order valence-corrected chi connectivity index (χ4v) is 3.37. The molecule has 0 aliphatic heterocycles. The van der Waals surface area contributed by atoms with Gasteiger partial charge in [0.2, 0.25) is 0 Å². The molecule has 1 aromatic heterocycles. The third-order valence-corrected chi connectivity index (χ3v) is 5.54. The van der Waals surface area contributed by atoms with Crippen molar-refractivity contribution >= 4 is 21.3 Å². The van der Waals surface area contributed by atoms with Crippen LogP contribution in [-0.4, -0.2) is 24.6 Å². The van der Waals surface area contributed by atoms with E-state index in [-0.39, 0.29) is 22.1 Å². The van der Waals surface area contributed by atoms with Crippen LogP contribution >= 0.6 is 0 Å². The average Bonchev–Trinajstić information content (AvgIpc) is 2.67. The van der Waals surface area contributed by atoms with Gasteiger partial charge in [-0.05, 0) is 47.9 Å². The Bertz CT molecular complexity index is 1140. The van der Waals surface area contributed by atoms with E-state index in [9.17, 15) is 21.6 Å². The molecule has 0 fully saturated rings. The summed E-state index contributed by atoms with van der Waals surface area (Å²) in [6, 6.07) is 13.5. The van der Waals surface area contributed by atoms with Crippen LogP contribution in [0.2, 0.25) is 0 Å². The van der Waals surface area contributed by atoms with Crippen LogP contribution in [0.25, 0.3) is 11.4 Å². The molecule has 0 bridgehead atoms. The molecule has 2 aromatic carbocycles. The molecule has 0 spiro atoms. The van der Waals surface area contributed by atoms with Crippen LogP contribution in [0.5, 0.6) is 0 Å². The largest absolute Gasteiger partial charge is 0.433 e. The van der Waals surface area contributed by atoms with Crippen molar-refractivity contribution in [2.45, 2.75) is 30.8 Å². The molecule has 0 saturated carbocycles. The van der Waals surface area contributed by atoms with Crippen LogP contribution in [0.15, 0.2) is 59.5 Å². The fraction of sp³-hybridized carbons (Fsp3) is 0.238. The molecule has 0 saturated heterocycles. The minimum Gasteiger partial charge on any atom is -0.340 e. The highest BCUT2D eigenvalue weighted by atomic mass is 32.2. The Morgan fingerprint density at radius 1 is 0.933 bits per heavy atom. The van der Waals surface area contributed by atoms with Gasteiger partial charge in [-0.15, -0.1) is 0 Å². The molecule has 5 nitrogen and oxygen atoms in total. The summed E-state index contributed by atoms with van der Waals surface area (Å²) in [5, 5.41) is 2.88. The summed E-state index contributed by atoms with van der Waals surface area (Å²) in [5.41, 5.74) is 0.864. The SMILES string of the molecule is CC(C)c1ccc(Nc2cc(C(F)(F)F)nc(-c3ccc(S(C)(=O)=O)cc3)n2)cc1. The number of aromatic nitrogens is 2. The number of rotatable bonds is 5. The number of alkyl halides is 3. The zero-order valence-electron chi connectivity index (χ0n) is 16.5. The van der Waals surface area contributed by atoms with Crippen molar-refractivity contribution in [3.05, 3.63) is 65.9 Å². The summed E-state index contributed by atoms with van der Waals surface area (Å²) in [6.45, 7) is 4.09. The number of nitrogens with zero attached hydrogens (tertiary/aromatic N) is 2. The maximum atomic E-state index is 13.4. The number of halogens is 3. The Kier molecular flexibility index (Phi) is 5.85. The summed E-state index contributed by atoms with van der Waals surface area (Å²) in [5.74, 6) is 0.152. The number of hydrogen-bond donors (Lipinski definition) is 1. The van der Waals surface area contributed by atoms with Gasteiger partial charge in [0.15, 0.2) is 21.4 Å². The smallest absolute Gasteiger partial charge is 0.340 e. The van der Waals surface area contributed by atoms with E-state index in [0.29, 0.717) is 11.6 Å². The van der Waals surface area contributed by atoms with Gasteiger partial charge in [0.05, 0.1) is 4.90 Å². The van der Waals surface area contributed by atoms with Crippen LogP contribution in [0, 0.1) is 0 Å². The molecule has 3 aromatic rings. The first kappa shape index (κ1) is 21.8. The summed E-state index contributed by atoms with van der Waals surface area (Å²) < 4.78 is 63.3. The first-order valence-corrected chi connectivity index (χ1v) is 11.0. The molecule has 0 radical (unpaired) electrons. The van der Waals surface area contributed by atoms with Crippen molar-refractivity contribution in [3.63, 3.8) is 0 Å². The van der Waals surface area contributed by atoms with Crippen molar-refractivity contribution in [1.82, 2.24) is 9.97 Å². The van der Waals surface area contributed by atoms with Crippen LogP contribution < -0.4 is 5.32 Å². The molecule has 1 heterocycles. The summed E-state index contributed by atoms with van der Waals surface area (Å²) in [4.78, 5) is 7.87. The van der Waals surface area contributed by atoms with E-state index >= 15 is 0 Å². The van der Waals surface area contributed by atoms with Crippen molar-refractivity contribution in [2.75, 3.05) is 11.6 Å². The first-order chi connectivity index (χ1) is 13.9. The molecular weight excluding hydrogens is 415 g/mol. The fourth-order valence-electron chi connectivity index (χ4n) is 2.74. The van der Waals surface area contributed by atoms with E-state index in [4.69, 9.17) is 0 Å². The summed E-state index contributed by atoms with van der Waals surface area (Å²) in [7, 11) is -3.42. The second kappa shape index (κ2) is 8.06. The second-order valence-corrected chi connectivity index (χ2v) is 9.17. The highest BCUT2D eigenvalue weighted by Crippen LogP contribution is 2.32. The minimum absolute atomic E-state index is 0.0168. The lowest BCUT2D eigenvalue weighted by Crippen LogP contribution is -2.11. The Balaban J connectivity index is 2.00. The van der Waals surface area contributed by atoms with Crippen molar-refractivity contribution in [1.29, 1.82) is 0 Å². The topological polar surface area (TPSA) is 72.0 Å². The van der Waals surface area contributed by atoms with Crippen molar-refractivity contribution < 1.29 is 21.6 Å². The van der Waals surface area contributed by atoms with Crippen molar-refractivity contribution in [3.8, 4) is 11.4 Å². The molecule has 30 heavy (non-hydrogen) atoms. The predicted molar refractivity (Wildman–Crippen MR) is 109 cm³/mol. The van der Waals surface area contributed by atoms with E-state index in [1.807, 2.05) is 26.0 Å². The number of sulfone groups is 1. The molecule has 0 aliphatic carbocycles. The molecule has 9 heteroatoms. The molecule has 0 aliphatic rings. The van der Waals surface area contributed by atoms with Gasteiger partial charge in [-0.1, -0.05) is 26.0 Å². The normalized spacial score (nSPS) is 12.2. The van der Waals surface area contributed by atoms with Crippen LogP contribution in [-0.2, 0) is 16.0 Å². The van der Waals surface area contributed by atoms with Crippen LogP contribution in [0.1, 0.15) is 31.0 Å². The zero-order valence-corrected chi connectivity index (χ0v) is 17.3. The third kappa shape index (κ3) is 5.15. The molecular formula is C21H20F3N3O2S. The molecule has 0 atom stereocenters. The average molecular weight is 435 g/mol. The quantitative estimate of drug-likeness (QED) is 0.578. The van der Waals surface area contributed by atoms with Gasteiger partial charge in [-0.2, -0.15) is 13.2 Å². The van der Waals surface area contributed by atoms with Gasteiger partial charge in [-0.25, -0.2) is 18.4 Å². The summed E-state index contributed by atoms with van der Waals surface area (Å²) in [6.07, 6.45) is -3.61. The monoisotopic (exact) mass is 435 g/mol. The Morgan fingerprint density at radius 3 is 2.03 bits per heavy atom. The lowest BCUT2D eigenvalue weighted by Gasteiger charge is -2.13. The molecule has 0 unspecified atom stereocenters. The predicted octanol–water partition coefficient (Wildman–Crippen LogP) is 5.43. The van der Waals surface area contributed by atoms with Crippen LogP contribution in [0.3, 0.4) is 0 Å². The minimum atomic E-state index is -4.66. The number of hydrogen-bond acceptors (Lipinski definition) is 5. The first-order valence-electron chi connectivity index (χ1n) is 9.07. The molecule has 0 amide bonds. The number of anilines is 2. The number of nitrogens with one attached hydrogen (secondary N) is 1. The maximum Gasteiger partial charge on any atom is 0.433 e. The van der Waals surface area contributed by atoms with E-state index in [2.05, 4.69) is 15.3 Å². The standard InChI is InChI=1S/C21H20F3N3O2S/c1-13(2)14-4-8-16(9-5-14)25-19-12-18(21(22,23)24)26-20(27-19)15-6-10-17(11-7-15)30(3,28)29/h4-13H,1-3H3,(H,25,26,27). The molecule has 1 N–H and O–H groups in total. The third-order valence-electron chi connectivity index (χ3n) is 4.41. The zero-order chi connectivity index (χ0) is 22.1. The Labute approximate surface area is 172 Å². The Morgan fingerprint density at radius 2 is 1.53 bits per heavy atom. The van der Waals surface area contributed by atoms with Gasteiger partial charge < -0.3 is 5.32 Å². The van der Waals surface area contributed by atoms with Crippen LogP contribution in [0.4, 0.5) is 24.7 Å². The van der Waals surface area contributed by atoms with Gasteiger partial charge in [-0.3, -0.25) is 0 Å². The highest BCUT2D eigenvalue weighted by Gasteiger charge is 2.34. The van der Waals surface area contributed by atoms with E-state index in [0.717, 1.165) is 17.9 Å². The maximum absolute atomic E-state index is 13.4. The lowest BCUT2D eigenvalue weighted by atomic mass is 10.0. The number of benzene rings is 2.